The van der Waals surface area contributed by atoms with Crippen LogP contribution in [0, 0.1) is 11.8 Å². The van der Waals surface area contributed by atoms with Crippen molar-refractivity contribution in [1.29, 1.82) is 0 Å². The summed E-state index contributed by atoms with van der Waals surface area (Å²) in [5.41, 5.74) is 0.700. The molecule has 1 N–H and O–H groups in total. The number of nitrogens with zero attached hydrogens (tertiary/aromatic N) is 3. The summed E-state index contributed by atoms with van der Waals surface area (Å²) in [5.74, 6) is -1.36. The number of carboxylic acid groups (broad SMARTS) is 1. The third kappa shape index (κ3) is 2.73. The van der Waals surface area contributed by atoms with Crippen LogP contribution in [0.1, 0.15) is 23.1 Å². The second kappa shape index (κ2) is 5.40. The molecule has 0 aromatic carbocycles. The Morgan fingerprint density at radius 3 is 2.95 bits per heavy atom. The molecule has 21 heavy (non-hydrogen) atoms. The van der Waals surface area contributed by atoms with Gasteiger partial charge in [-0.05, 0) is 24.5 Å². The van der Waals surface area contributed by atoms with E-state index in [1.807, 2.05) is 13.0 Å². The Bertz CT molecular complexity index is 667. The highest BCUT2D eigenvalue weighted by atomic mass is 32.1. The van der Waals surface area contributed by atoms with Crippen LogP contribution in [-0.2, 0) is 4.79 Å². The van der Waals surface area contributed by atoms with Gasteiger partial charge in [0.05, 0.1) is 5.92 Å². The third-order valence-electron chi connectivity index (χ3n) is 3.65. The number of fused-ring (bicyclic) bond motifs is 1. The first kappa shape index (κ1) is 13.9. The van der Waals surface area contributed by atoms with Crippen molar-refractivity contribution in [1.82, 2.24) is 14.9 Å². The van der Waals surface area contributed by atoms with Crippen molar-refractivity contribution in [2.24, 2.45) is 11.8 Å². The van der Waals surface area contributed by atoms with Gasteiger partial charge < -0.3 is 10.0 Å². The molecule has 1 aliphatic heterocycles. The number of piperidine rings is 1. The quantitative estimate of drug-likeness (QED) is 0.915. The predicted molar refractivity (Wildman–Crippen MR) is 78.2 cm³/mol. The van der Waals surface area contributed by atoms with Crippen molar-refractivity contribution in [2.75, 3.05) is 13.1 Å². The molecule has 1 saturated heterocycles. The van der Waals surface area contributed by atoms with E-state index in [2.05, 4.69) is 9.97 Å². The zero-order valence-corrected chi connectivity index (χ0v) is 12.3. The minimum Gasteiger partial charge on any atom is -0.481 e. The monoisotopic (exact) mass is 305 g/mol. The Balaban J connectivity index is 1.85. The van der Waals surface area contributed by atoms with E-state index in [1.165, 1.54) is 11.3 Å². The number of aliphatic carboxylic acids is 1. The number of likely N-dealkylation sites (tertiary alicyclic amines) is 1. The molecular weight excluding hydrogens is 290 g/mol. The lowest BCUT2D eigenvalue weighted by Crippen LogP contribution is -2.45. The Kier molecular flexibility index (Phi) is 3.59. The van der Waals surface area contributed by atoms with Gasteiger partial charge in [-0.1, -0.05) is 18.3 Å². The van der Waals surface area contributed by atoms with E-state index in [9.17, 15) is 14.7 Å². The first-order chi connectivity index (χ1) is 10.0. The van der Waals surface area contributed by atoms with E-state index >= 15 is 0 Å². The second-order valence-electron chi connectivity index (χ2n) is 5.43. The lowest BCUT2D eigenvalue weighted by molar-refractivity contribution is -0.143. The van der Waals surface area contributed by atoms with Crippen LogP contribution in [0.15, 0.2) is 18.3 Å². The van der Waals surface area contributed by atoms with Crippen LogP contribution in [0.4, 0.5) is 0 Å². The van der Waals surface area contributed by atoms with Crippen LogP contribution in [-0.4, -0.2) is 44.9 Å². The summed E-state index contributed by atoms with van der Waals surface area (Å²) >= 11 is 1.25. The number of rotatable bonds is 2. The molecule has 1 aliphatic rings. The van der Waals surface area contributed by atoms with E-state index in [0.29, 0.717) is 23.5 Å². The first-order valence-corrected chi connectivity index (χ1v) is 7.60. The number of thiazole rings is 1. The number of carbonyl (C=O) groups excluding carboxylic acids is 1. The summed E-state index contributed by atoms with van der Waals surface area (Å²) in [6.45, 7) is 2.79. The smallest absolute Gasteiger partial charge is 0.308 e. The Morgan fingerprint density at radius 2 is 2.24 bits per heavy atom. The largest absolute Gasteiger partial charge is 0.481 e. The standard InChI is InChI=1S/C14H15N3O3S/c1-8-5-9(14(19)20)7-17(6-8)13(18)12-16-10-3-2-4-15-11(10)21-12/h2-4,8-9H,5-7H2,1H3,(H,19,20). The minimum absolute atomic E-state index is 0.177. The minimum atomic E-state index is -0.842. The fourth-order valence-electron chi connectivity index (χ4n) is 2.69. The Morgan fingerprint density at radius 1 is 1.43 bits per heavy atom. The van der Waals surface area contributed by atoms with E-state index in [1.54, 1.807) is 17.2 Å². The lowest BCUT2D eigenvalue weighted by atomic mass is 9.90. The van der Waals surface area contributed by atoms with Gasteiger partial charge in [0.1, 0.15) is 10.3 Å². The maximum Gasteiger partial charge on any atom is 0.308 e. The fourth-order valence-corrected chi connectivity index (χ4v) is 3.57. The van der Waals surface area contributed by atoms with Crippen molar-refractivity contribution in [3.8, 4) is 0 Å². The lowest BCUT2D eigenvalue weighted by Gasteiger charge is -2.34. The number of carboxylic acids is 1. The second-order valence-corrected chi connectivity index (χ2v) is 6.41. The van der Waals surface area contributed by atoms with Crippen LogP contribution in [0.5, 0.6) is 0 Å². The molecule has 0 saturated carbocycles. The molecular formula is C14H15N3O3S. The summed E-state index contributed by atoms with van der Waals surface area (Å²) in [5, 5.41) is 9.56. The number of hydrogen-bond donors (Lipinski definition) is 1. The molecule has 0 aliphatic carbocycles. The summed E-state index contributed by atoms with van der Waals surface area (Å²) in [7, 11) is 0. The highest BCUT2D eigenvalue weighted by molar-refractivity contribution is 7.19. The van der Waals surface area contributed by atoms with Gasteiger partial charge in [0.2, 0.25) is 0 Å². The molecule has 2 aromatic rings. The fraction of sp³-hybridized carbons (Fsp3) is 0.429. The zero-order chi connectivity index (χ0) is 15.0. The first-order valence-electron chi connectivity index (χ1n) is 6.78. The number of carbonyl (C=O) groups is 2. The molecule has 0 radical (unpaired) electrons. The van der Waals surface area contributed by atoms with Crippen molar-refractivity contribution < 1.29 is 14.7 Å². The molecule has 0 spiro atoms. The average Bonchev–Trinajstić information content (AvgIpc) is 2.89. The Labute approximate surface area is 125 Å². The van der Waals surface area contributed by atoms with Gasteiger partial charge in [-0.2, -0.15) is 0 Å². The SMILES string of the molecule is CC1CC(C(=O)O)CN(C(=O)c2nc3cccnc3s2)C1. The molecule has 0 bridgehead atoms. The molecule has 110 valence electrons. The maximum absolute atomic E-state index is 12.5. The third-order valence-corrected chi connectivity index (χ3v) is 4.61. The van der Waals surface area contributed by atoms with Gasteiger partial charge in [0, 0.05) is 19.3 Å². The molecule has 2 unspecified atom stereocenters. The number of hydrogen-bond acceptors (Lipinski definition) is 5. The van der Waals surface area contributed by atoms with Crippen LogP contribution >= 0.6 is 11.3 Å². The van der Waals surface area contributed by atoms with Crippen LogP contribution in [0.25, 0.3) is 10.3 Å². The van der Waals surface area contributed by atoms with Crippen molar-refractivity contribution in [2.45, 2.75) is 13.3 Å². The summed E-state index contributed by atoms with van der Waals surface area (Å²) < 4.78 is 0. The molecule has 6 nitrogen and oxygen atoms in total. The van der Waals surface area contributed by atoms with Gasteiger partial charge in [0.25, 0.3) is 5.91 Å². The predicted octanol–water partition coefficient (Wildman–Crippen LogP) is 1.87. The highest BCUT2D eigenvalue weighted by Gasteiger charge is 2.33. The molecule has 2 atom stereocenters. The van der Waals surface area contributed by atoms with E-state index in [-0.39, 0.29) is 18.4 Å². The molecule has 2 aromatic heterocycles. The van der Waals surface area contributed by atoms with E-state index < -0.39 is 11.9 Å². The van der Waals surface area contributed by atoms with Crippen LogP contribution in [0.3, 0.4) is 0 Å². The summed E-state index contributed by atoms with van der Waals surface area (Å²) in [6.07, 6.45) is 2.28. The molecule has 1 fully saturated rings. The zero-order valence-electron chi connectivity index (χ0n) is 11.5. The van der Waals surface area contributed by atoms with Gasteiger partial charge in [0.15, 0.2) is 5.01 Å². The van der Waals surface area contributed by atoms with E-state index in [4.69, 9.17) is 0 Å². The number of amides is 1. The van der Waals surface area contributed by atoms with Gasteiger partial charge in [-0.15, -0.1) is 0 Å². The maximum atomic E-state index is 12.5. The molecule has 3 rings (SSSR count). The molecule has 1 amide bonds. The number of pyridine rings is 1. The highest BCUT2D eigenvalue weighted by Crippen LogP contribution is 2.26. The normalized spacial score (nSPS) is 22.4. The van der Waals surface area contributed by atoms with Gasteiger partial charge >= 0.3 is 5.97 Å². The molecule has 3 heterocycles. The van der Waals surface area contributed by atoms with Crippen molar-refractivity contribution in [3.63, 3.8) is 0 Å². The van der Waals surface area contributed by atoms with E-state index in [0.717, 1.165) is 4.83 Å². The Hall–Kier alpha value is -2.02. The van der Waals surface area contributed by atoms with Crippen LogP contribution < -0.4 is 0 Å². The van der Waals surface area contributed by atoms with Crippen LogP contribution in [0.2, 0.25) is 0 Å². The van der Waals surface area contributed by atoms with Crippen molar-refractivity contribution >= 4 is 33.6 Å². The summed E-state index contributed by atoms with van der Waals surface area (Å²) in [6, 6.07) is 3.59. The number of aromatic nitrogens is 2. The molecule has 7 heteroatoms. The van der Waals surface area contributed by atoms with Gasteiger partial charge in [-0.25, -0.2) is 9.97 Å². The topological polar surface area (TPSA) is 83.4 Å². The van der Waals surface area contributed by atoms with Crippen molar-refractivity contribution in [3.05, 3.63) is 23.3 Å². The van der Waals surface area contributed by atoms with Gasteiger partial charge in [-0.3, -0.25) is 9.59 Å². The average molecular weight is 305 g/mol. The summed E-state index contributed by atoms with van der Waals surface area (Å²) in [4.78, 5) is 34.5.